The minimum atomic E-state index is -3.19. The molecular formula is C15H23NO2S. The number of nitrogen functional groups attached to an aromatic ring is 1. The molecule has 1 aromatic carbocycles. The van der Waals surface area contributed by atoms with Crippen LogP contribution in [0.25, 0.3) is 0 Å². The number of nitrogens with two attached hydrogens (primary N) is 1. The van der Waals surface area contributed by atoms with Gasteiger partial charge in [0.25, 0.3) is 0 Å². The maximum absolute atomic E-state index is 12.6. The zero-order chi connectivity index (χ0) is 14.0. The summed E-state index contributed by atoms with van der Waals surface area (Å²) >= 11 is 0. The van der Waals surface area contributed by atoms with Gasteiger partial charge < -0.3 is 5.73 Å². The molecule has 19 heavy (non-hydrogen) atoms. The third kappa shape index (κ3) is 2.94. The number of hydrogen-bond donors (Lipinski definition) is 1. The molecule has 0 spiro atoms. The predicted octanol–water partition coefficient (Wildman–Crippen LogP) is 3.32. The Balaban J connectivity index is 2.21. The first-order valence-electron chi connectivity index (χ1n) is 7.05. The van der Waals surface area contributed by atoms with Gasteiger partial charge in [0.2, 0.25) is 0 Å². The summed E-state index contributed by atoms with van der Waals surface area (Å²) in [6, 6.07) is 5.04. The van der Waals surface area contributed by atoms with E-state index in [-0.39, 0.29) is 5.25 Å². The lowest BCUT2D eigenvalue weighted by Gasteiger charge is -2.27. The lowest BCUT2D eigenvalue weighted by atomic mass is 9.87. The van der Waals surface area contributed by atoms with Crippen LogP contribution in [0.4, 0.5) is 5.69 Å². The van der Waals surface area contributed by atoms with E-state index < -0.39 is 9.84 Å². The number of benzene rings is 1. The zero-order valence-corrected chi connectivity index (χ0v) is 12.5. The van der Waals surface area contributed by atoms with Gasteiger partial charge in [0.1, 0.15) is 0 Å². The van der Waals surface area contributed by atoms with Crippen molar-refractivity contribution in [2.75, 3.05) is 5.73 Å². The smallest absolute Gasteiger partial charge is 0.181 e. The van der Waals surface area contributed by atoms with E-state index in [4.69, 9.17) is 5.73 Å². The molecule has 2 N–H and O–H groups in total. The molecule has 0 bridgehead atoms. The highest BCUT2D eigenvalue weighted by molar-refractivity contribution is 7.92. The van der Waals surface area contributed by atoms with Crippen molar-refractivity contribution in [3.8, 4) is 0 Å². The van der Waals surface area contributed by atoms with Crippen molar-refractivity contribution in [3.05, 3.63) is 23.8 Å². The summed E-state index contributed by atoms with van der Waals surface area (Å²) in [6.45, 7) is 4.03. The van der Waals surface area contributed by atoms with Crippen LogP contribution in [0.1, 0.15) is 44.6 Å². The topological polar surface area (TPSA) is 60.2 Å². The second kappa shape index (κ2) is 5.53. The third-order valence-corrected chi connectivity index (χ3v) is 6.64. The Morgan fingerprint density at radius 1 is 1.21 bits per heavy atom. The number of rotatable bonds is 3. The number of hydrogen-bond acceptors (Lipinski definition) is 3. The summed E-state index contributed by atoms with van der Waals surface area (Å²) in [7, 11) is -3.19. The SMILES string of the molecule is CCC1CCC(S(=O)(=O)c2ccc(N)c(C)c2)CC1. The van der Waals surface area contributed by atoms with Crippen molar-refractivity contribution in [3.63, 3.8) is 0 Å². The van der Waals surface area contributed by atoms with Crippen LogP contribution in [0.5, 0.6) is 0 Å². The molecule has 4 heteroatoms. The first-order chi connectivity index (χ1) is 8.95. The Morgan fingerprint density at radius 3 is 2.37 bits per heavy atom. The molecule has 0 aromatic heterocycles. The van der Waals surface area contributed by atoms with Gasteiger partial charge in [-0.25, -0.2) is 8.42 Å². The molecule has 0 aliphatic heterocycles. The number of aryl methyl sites for hydroxylation is 1. The van der Waals surface area contributed by atoms with Gasteiger partial charge in [-0.05, 0) is 62.3 Å². The highest BCUT2D eigenvalue weighted by Gasteiger charge is 2.31. The molecule has 0 radical (unpaired) electrons. The highest BCUT2D eigenvalue weighted by atomic mass is 32.2. The van der Waals surface area contributed by atoms with Crippen LogP contribution in [0, 0.1) is 12.8 Å². The fourth-order valence-corrected chi connectivity index (χ4v) is 4.74. The van der Waals surface area contributed by atoms with Crippen molar-refractivity contribution in [1.29, 1.82) is 0 Å². The van der Waals surface area contributed by atoms with Crippen LogP contribution in [-0.2, 0) is 9.84 Å². The van der Waals surface area contributed by atoms with Gasteiger partial charge >= 0.3 is 0 Å². The van der Waals surface area contributed by atoms with Crippen LogP contribution >= 0.6 is 0 Å². The van der Waals surface area contributed by atoms with Crippen LogP contribution in [0.2, 0.25) is 0 Å². The zero-order valence-electron chi connectivity index (χ0n) is 11.7. The molecule has 2 rings (SSSR count). The van der Waals surface area contributed by atoms with E-state index in [1.54, 1.807) is 18.2 Å². The van der Waals surface area contributed by atoms with E-state index in [2.05, 4.69) is 6.92 Å². The van der Waals surface area contributed by atoms with E-state index >= 15 is 0 Å². The van der Waals surface area contributed by atoms with Gasteiger partial charge in [0.05, 0.1) is 10.1 Å². The lowest BCUT2D eigenvalue weighted by molar-refractivity contribution is 0.348. The maximum Gasteiger partial charge on any atom is 0.181 e. The van der Waals surface area contributed by atoms with E-state index in [0.29, 0.717) is 16.5 Å². The lowest BCUT2D eigenvalue weighted by Crippen LogP contribution is -2.27. The molecule has 0 unspecified atom stereocenters. The Kier molecular flexibility index (Phi) is 4.19. The fourth-order valence-electron chi connectivity index (χ4n) is 2.87. The first kappa shape index (κ1) is 14.4. The minimum absolute atomic E-state index is 0.210. The van der Waals surface area contributed by atoms with Gasteiger partial charge in [-0.2, -0.15) is 0 Å². The largest absolute Gasteiger partial charge is 0.399 e. The van der Waals surface area contributed by atoms with Gasteiger partial charge in [-0.15, -0.1) is 0 Å². The Bertz CT molecular complexity index is 543. The van der Waals surface area contributed by atoms with E-state index in [0.717, 1.165) is 37.7 Å². The average molecular weight is 281 g/mol. The molecule has 1 aromatic rings. The summed E-state index contributed by atoms with van der Waals surface area (Å²) in [6.07, 6.45) is 4.82. The molecule has 1 saturated carbocycles. The third-order valence-electron chi connectivity index (χ3n) is 4.38. The molecule has 0 amide bonds. The van der Waals surface area contributed by atoms with Crippen molar-refractivity contribution in [1.82, 2.24) is 0 Å². The number of sulfone groups is 1. The van der Waals surface area contributed by atoms with Gasteiger partial charge in [0, 0.05) is 5.69 Å². The van der Waals surface area contributed by atoms with E-state index in [9.17, 15) is 8.42 Å². The van der Waals surface area contributed by atoms with Gasteiger partial charge in [-0.3, -0.25) is 0 Å². The fraction of sp³-hybridized carbons (Fsp3) is 0.600. The highest BCUT2D eigenvalue weighted by Crippen LogP contribution is 2.33. The van der Waals surface area contributed by atoms with Crippen molar-refractivity contribution in [2.24, 2.45) is 5.92 Å². The summed E-state index contributed by atoms with van der Waals surface area (Å²) in [4.78, 5) is 0.430. The molecular weight excluding hydrogens is 258 g/mol. The Labute approximate surface area is 116 Å². The normalized spacial score (nSPS) is 24.3. The average Bonchev–Trinajstić information content (AvgIpc) is 2.41. The molecule has 3 nitrogen and oxygen atoms in total. The summed E-state index contributed by atoms with van der Waals surface area (Å²) in [5.41, 5.74) is 7.24. The summed E-state index contributed by atoms with van der Waals surface area (Å²) < 4.78 is 25.2. The molecule has 0 saturated heterocycles. The monoisotopic (exact) mass is 281 g/mol. The molecule has 0 heterocycles. The van der Waals surface area contributed by atoms with Crippen LogP contribution in [0.15, 0.2) is 23.1 Å². The van der Waals surface area contributed by atoms with Crippen LogP contribution < -0.4 is 5.73 Å². The second-order valence-electron chi connectivity index (χ2n) is 5.61. The van der Waals surface area contributed by atoms with Crippen molar-refractivity contribution in [2.45, 2.75) is 56.1 Å². The minimum Gasteiger partial charge on any atom is -0.399 e. The first-order valence-corrected chi connectivity index (χ1v) is 8.59. The second-order valence-corrected chi connectivity index (χ2v) is 7.84. The Morgan fingerprint density at radius 2 is 1.84 bits per heavy atom. The quantitative estimate of drug-likeness (QED) is 0.865. The van der Waals surface area contributed by atoms with E-state index in [1.807, 2.05) is 6.92 Å². The van der Waals surface area contributed by atoms with Crippen molar-refractivity contribution >= 4 is 15.5 Å². The van der Waals surface area contributed by atoms with Crippen LogP contribution in [0.3, 0.4) is 0 Å². The molecule has 1 aliphatic carbocycles. The van der Waals surface area contributed by atoms with Crippen LogP contribution in [-0.4, -0.2) is 13.7 Å². The summed E-state index contributed by atoms with van der Waals surface area (Å²) in [5.74, 6) is 0.708. The predicted molar refractivity (Wildman–Crippen MR) is 78.8 cm³/mol. The van der Waals surface area contributed by atoms with Gasteiger partial charge in [0.15, 0.2) is 9.84 Å². The van der Waals surface area contributed by atoms with Gasteiger partial charge in [-0.1, -0.05) is 13.3 Å². The Hall–Kier alpha value is -1.03. The molecule has 106 valence electrons. The molecule has 1 aliphatic rings. The van der Waals surface area contributed by atoms with Crippen molar-refractivity contribution < 1.29 is 8.42 Å². The maximum atomic E-state index is 12.6. The molecule has 1 fully saturated rings. The standard InChI is InChI=1S/C15H23NO2S/c1-3-12-4-6-13(7-5-12)19(17,18)14-8-9-15(16)11(2)10-14/h8-10,12-13H,3-7,16H2,1-2H3. The molecule has 0 atom stereocenters. The van der Waals surface area contributed by atoms with E-state index in [1.165, 1.54) is 0 Å². The summed E-state index contributed by atoms with van der Waals surface area (Å²) in [5, 5.41) is -0.210. The number of anilines is 1.